The summed E-state index contributed by atoms with van der Waals surface area (Å²) in [6.45, 7) is 9.13. The first kappa shape index (κ1) is 26.8. The standard InChI is InChI=1S/C21H38N4O6/c1-6-12(4)17(19(28)23-14(21(30)31)10-11(2)3)24-18(27)15-8-7-9-25(15)20(29)16(22)13(5)26/h11-17,26H,6-10,22H2,1-5H3,(H,23,28)(H,24,27)(H,30,31). The molecule has 0 aromatic heterocycles. The third-order valence-electron chi connectivity index (χ3n) is 5.76. The van der Waals surface area contributed by atoms with Crippen LogP contribution in [-0.2, 0) is 19.2 Å². The predicted octanol–water partition coefficient (Wildman–Crippen LogP) is -0.168. The Morgan fingerprint density at radius 3 is 2.23 bits per heavy atom. The van der Waals surface area contributed by atoms with Gasteiger partial charge in [0.1, 0.15) is 24.2 Å². The summed E-state index contributed by atoms with van der Waals surface area (Å²) in [4.78, 5) is 51.3. The Hall–Kier alpha value is -2.20. The number of aliphatic hydroxyl groups excluding tert-OH is 1. The Morgan fingerprint density at radius 2 is 1.74 bits per heavy atom. The number of carboxylic acids is 1. The fraction of sp³-hybridized carbons (Fsp3) is 0.810. The first-order valence-electron chi connectivity index (χ1n) is 11.0. The van der Waals surface area contributed by atoms with Gasteiger partial charge in [-0.1, -0.05) is 34.1 Å². The van der Waals surface area contributed by atoms with Gasteiger partial charge in [-0.25, -0.2) is 4.79 Å². The third-order valence-corrected chi connectivity index (χ3v) is 5.76. The fourth-order valence-electron chi connectivity index (χ4n) is 3.61. The number of carbonyl (C=O) groups excluding carboxylic acids is 3. The molecule has 1 heterocycles. The first-order chi connectivity index (χ1) is 14.4. The lowest BCUT2D eigenvalue weighted by molar-refractivity contribution is -0.144. The number of amides is 3. The number of carboxylic acid groups (broad SMARTS) is 1. The summed E-state index contributed by atoms with van der Waals surface area (Å²) in [6.07, 6.45) is 0.824. The van der Waals surface area contributed by atoms with E-state index in [1.54, 1.807) is 6.92 Å². The molecule has 6 N–H and O–H groups in total. The number of nitrogens with zero attached hydrogens (tertiary/aromatic N) is 1. The second kappa shape index (κ2) is 12.0. The number of nitrogens with one attached hydrogen (secondary N) is 2. The van der Waals surface area contributed by atoms with Crippen LogP contribution >= 0.6 is 0 Å². The van der Waals surface area contributed by atoms with E-state index in [-0.39, 0.29) is 18.3 Å². The van der Waals surface area contributed by atoms with Gasteiger partial charge < -0.3 is 31.5 Å². The topological polar surface area (TPSA) is 162 Å². The number of hydrogen-bond donors (Lipinski definition) is 5. The third kappa shape index (κ3) is 7.46. The maximum absolute atomic E-state index is 13.0. The Morgan fingerprint density at radius 1 is 1.13 bits per heavy atom. The number of rotatable bonds is 11. The summed E-state index contributed by atoms with van der Waals surface area (Å²) in [6, 6.07) is -3.91. The van der Waals surface area contributed by atoms with Crippen molar-refractivity contribution in [1.82, 2.24) is 15.5 Å². The van der Waals surface area contributed by atoms with E-state index in [2.05, 4.69) is 10.6 Å². The molecule has 10 nitrogen and oxygen atoms in total. The van der Waals surface area contributed by atoms with Gasteiger partial charge in [0.2, 0.25) is 17.7 Å². The Bertz CT molecular complexity index is 654. The van der Waals surface area contributed by atoms with Gasteiger partial charge in [0.25, 0.3) is 0 Å². The highest BCUT2D eigenvalue weighted by atomic mass is 16.4. The van der Waals surface area contributed by atoms with Crippen molar-refractivity contribution >= 4 is 23.7 Å². The highest BCUT2D eigenvalue weighted by Crippen LogP contribution is 2.20. The molecule has 0 saturated carbocycles. The van der Waals surface area contributed by atoms with Crippen molar-refractivity contribution in [2.75, 3.05) is 6.54 Å². The molecule has 1 rings (SSSR count). The molecule has 3 amide bonds. The lowest BCUT2D eigenvalue weighted by Crippen LogP contribution is -2.59. The van der Waals surface area contributed by atoms with Gasteiger partial charge in [-0.2, -0.15) is 0 Å². The van der Waals surface area contributed by atoms with E-state index in [0.29, 0.717) is 25.8 Å². The summed E-state index contributed by atoms with van der Waals surface area (Å²) in [5, 5.41) is 24.3. The van der Waals surface area contributed by atoms with Gasteiger partial charge in [0, 0.05) is 6.54 Å². The molecule has 0 bridgehead atoms. The Labute approximate surface area is 183 Å². The van der Waals surface area contributed by atoms with Gasteiger partial charge in [-0.15, -0.1) is 0 Å². The van der Waals surface area contributed by atoms with Crippen molar-refractivity contribution in [3.8, 4) is 0 Å². The second-order valence-corrected chi connectivity index (χ2v) is 8.86. The summed E-state index contributed by atoms with van der Waals surface area (Å²) in [7, 11) is 0. The fourth-order valence-corrected chi connectivity index (χ4v) is 3.61. The maximum atomic E-state index is 13.0. The largest absolute Gasteiger partial charge is 0.480 e. The molecular weight excluding hydrogens is 404 g/mol. The minimum absolute atomic E-state index is 0.0641. The average Bonchev–Trinajstić information content (AvgIpc) is 3.18. The Balaban J connectivity index is 2.95. The second-order valence-electron chi connectivity index (χ2n) is 8.86. The SMILES string of the molecule is CCC(C)C(NC(=O)C1CCCN1C(=O)C(N)C(C)O)C(=O)NC(CC(C)C)C(=O)O. The van der Waals surface area contributed by atoms with Crippen molar-refractivity contribution in [2.45, 2.75) is 90.6 Å². The van der Waals surface area contributed by atoms with Gasteiger partial charge in [0.05, 0.1) is 6.10 Å². The molecule has 0 spiro atoms. The quantitative estimate of drug-likeness (QED) is 0.297. The van der Waals surface area contributed by atoms with Crippen LogP contribution in [0.1, 0.15) is 60.3 Å². The number of nitrogens with two attached hydrogens (primary N) is 1. The molecule has 0 radical (unpaired) electrons. The molecule has 6 atom stereocenters. The van der Waals surface area contributed by atoms with Crippen molar-refractivity contribution in [2.24, 2.45) is 17.6 Å². The van der Waals surface area contributed by atoms with Crippen LogP contribution in [0.25, 0.3) is 0 Å². The van der Waals surface area contributed by atoms with Crippen molar-refractivity contribution < 1.29 is 29.4 Å². The lowest BCUT2D eigenvalue weighted by atomic mass is 9.96. The highest BCUT2D eigenvalue weighted by molar-refractivity contribution is 5.94. The number of hydrogen-bond acceptors (Lipinski definition) is 6. The normalized spacial score (nSPS) is 21.2. The van der Waals surface area contributed by atoms with Crippen LogP contribution < -0.4 is 16.4 Å². The Kier molecular flexibility index (Phi) is 10.4. The zero-order valence-corrected chi connectivity index (χ0v) is 19.1. The van der Waals surface area contributed by atoms with Crippen molar-refractivity contribution in [3.63, 3.8) is 0 Å². The zero-order valence-electron chi connectivity index (χ0n) is 19.1. The van der Waals surface area contributed by atoms with Crippen LogP contribution in [0.5, 0.6) is 0 Å². The monoisotopic (exact) mass is 442 g/mol. The minimum Gasteiger partial charge on any atom is -0.480 e. The molecule has 1 aliphatic heterocycles. The molecule has 0 aromatic rings. The van der Waals surface area contributed by atoms with Crippen LogP contribution in [0.4, 0.5) is 0 Å². The van der Waals surface area contributed by atoms with Crippen molar-refractivity contribution in [1.29, 1.82) is 0 Å². The van der Waals surface area contributed by atoms with Crippen LogP contribution in [0, 0.1) is 11.8 Å². The molecule has 10 heteroatoms. The van der Waals surface area contributed by atoms with Gasteiger partial charge >= 0.3 is 5.97 Å². The van der Waals surface area contributed by atoms with Crippen LogP contribution in [0.3, 0.4) is 0 Å². The van der Waals surface area contributed by atoms with Gasteiger partial charge in [0.15, 0.2) is 0 Å². The highest BCUT2D eigenvalue weighted by Gasteiger charge is 2.39. The number of likely N-dealkylation sites (tertiary alicyclic amines) is 1. The predicted molar refractivity (Wildman–Crippen MR) is 115 cm³/mol. The molecule has 6 unspecified atom stereocenters. The van der Waals surface area contributed by atoms with E-state index in [1.807, 2.05) is 20.8 Å². The molecule has 178 valence electrons. The van der Waals surface area contributed by atoms with Crippen LogP contribution in [0.15, 0.2) is 0 Å². The number of aliphatic carboxylic acids is 1. The van der Waals surface area contributed by atoms with E-state index in [1.165, 1.54) is 11.8 Å². The minimum atomic E-state index is -1.13. The maximum Gasteiger partial charge on any atom is 0.326 e. The molecule has 0 aromatic carbocycles. The van der Waals surface area contributed by atoms with Crippen LogP contribution in [-0.4, -0.2) is 75.6 Å². The van der Waals surface area contributed by atoms with E-state index < -0.39 is 54.0 Å². The summed E-state index contributed by atoms with van der Waals surface area (Å²) < 4.78 is 0. The molecule has 1 saturated heterocycles. The smallest absolute Gasteiger partial charge is 0.326 e. The van der Waals surface area contributed by atoms with E-state index in [0.717, 1.165) is 0 Å². The number of aliphatic hydroxyl groups is 1. The lowest BCUT2D eigenvalue weighted by Gasteiger charge is -2.31. The molecule has 1 aliphatic rings. The number of carbonyl (C=O) groups is 4. The van der Waals surface area contributed by atoms with Crippen LogP contribution in [0.2, 0.25) is 0 Å². The summed E-state index contributed by atoms with van der Waals surface area (Å²) in [5.74, 6) is -2.87. The molecule has 1 fully saturated rings. The van der Waals surface area contributed by atoms with E-state index in [4.69, 9.17) is 5.73 Å². The van der Waals surface area contributed by atoms with Crippen molar-refractivity contribution in [3.05, 3.63) is 0 Å². The average molecular weight is 443 g/mol. The molecule has 31 heavy (non-hydrogen) atoms. The first-order valence-corrected chi connectivity index (χ1v) is 11.0. The molecule has 0 aliphatic carbocycles. The van der Waals surface area contributed by atoms with E-state index >= 15 is 0 Å². The van der Waals surface area contributed by atoms with E-state index in [9.17, 15) is 29.4 Å². The zero-order chi connectivity index (χ0) is 23.9. The van der Waals surface area contributed by atoms with Gasteiger partial charge in [-0.3, -0.25) is 14.4 Å². The summed E-state index contributed by atoms with van der Waals surface area (Å²) >= 11 is 0. The van der Waals surface area contributed by atoms with Gasteiger partial charge in [-0.05, 0) is 38.0 Å². The summed E-state index contributed by atoms with van der Waals surface area (Å²) in [5.41, 5.74) is 5.75. The molecular formula is C21H38N4O6.